The zero-order valence-corrected chi connectivity index (χ0v) is 19.5. The Kier molecular flexibility index (Phi) is 7.49. The molecule has 0 aliphatic heterocycles. The lowest BCUT2D eigenvalue weighted by atomic mass is 10.0. The minimum absolute atomic E-state index is 0.139. The average molecular weight is 441 g/mol. The first-order chi connectivity index (χ1) is 14.8. The van der Waals surface area contributed by atoms with Crippen LogP contribution >= 0.6 is 11.3 Å². The van der Waals surface area contributed by atoms with Gasteiger partial charge in [0, 0.05) is 35.4 Å². The summed E-state index contributed by atoms with van der Waals surface area (Å²) in [6.07, 6.45) is 2.60. The van der Waals surface area contributed by atoms with Crippen LogP contribution in [0.5, 0.6) is 0 Å². The quantitative estimate of drug-likeness (QED) is 0.480. The summed E-state index contributed by atoms with van der Waals surface area (Å²) in [7, 11) is 0. The molecular formula is C24H32N4O2S. The number of nitrogens with zero attached hydrogens (tertiary/aromatic N) is 2. The van der Waals surface area contributed by atoms with Crippen LogP contribution in [0.1, 0.15) is 74.1 Å². The van der Waals surface area contributed by atoms with E-state index in [-0.39, 0.29) is 18.4 Å². The molecule has 0 saturated carbocycles. The van der Waals surface area contributed by atoms with E-state index in [2.05, 4.69) is 55.1 Å². The molecule has 6 nitrogen and oxygen atoms in total. The molecule has 0 radical (unpaired) electrons. The number of hydrogen-bond acceptors (Lipinski definition) is 4. The third-order valence-corrected chi connectivity index (χ3v) is 6.38. The third-order valence-electron chi connectivity index (χ3n) is 5.51. The monoisotopic (exact) mass is 440 g/mol. The molecular weight excluding hydrogens is 408 g/mol. The van der Waals surface area contributed by atoms with Crippen molar-refractivity contribution in [3.05, 3.63) is 52.0 Å². The Bertz CT molecular complexity index is 1040. The number of aromatic nitrogens is 2. The molecule has 2 unspecified atom stereocenters. The van der Waals surface area contributed by atoms with Crippen molar-refractivity contribution in [1.82, 2.24) is 14.9 Å². The summed E-state index contributed by atoms with van der Waals surface area (Å²) in [6.45, 7) is 8.48. The van der Waals surface area contributed by atoms with E-state index in [0.29, 0.717) is 23.9 Å². The number of rotatable bonds is 10. The molecule has 31 heavy (non-hydrogen) atoms. The number of imidazole rings is 1. The standard InChI is InChI=1S/C24H32N4O2S/c1-5-16(4)28-21-9-8-17(24(30)26-18(11-15(2)3)13-22(25)29)12-20(21)27-23(28)14-19-7-6-10-31-19/h6-10,12,15-16,18H,5,11,13-14H2,1-4H3,(H2,25,29)(H,26,30). The van der Waals surface area contributed by atoms with Crippen LogP contribution in [0, 0.1) is 5.92 Å². The normalized spacial score (nSPS) is 13.5. The van der Waals surface area contributed by atoms with Gasteiger partial charge in [-0.2, -0.15) is 0 Å². The van der Waals surface area contributed by atoms with Gasteiger partial charge in [0.1, 0.15) is 5.82 Å². The van der Waals surface area contributed by atoms with Gasteiger partial charge in [0.15, 0.2) is 0 Å². The molecule has 0 bridgehead atoms. The van der Waals surface area contributed by atoms with Crippen LogP contribution in [-0.2, 0) is 11.2 Å². The maximum absolute atomic E-state index is 12.9. The van der Waals surface area contributed by atoms with E-state index in [4.69, 9.17) is 10.7 Å². The minimum atomic E-state index is -0.410. The second-order valence-electron chi connectivity index (χ2n) is 8.59. The number of carbonyl (C=O) groups excluding carboxylic acids is 2. The molecule has 2 atom stereocenters. The number of nitrogens with two attached hydrogens (primary N) is 1. The Hall–Kier alpha value is -2.67. The lowest BCUT2D eigenvalue weighted by Gasteiger charge is -2.19. The van der Waals surface area contributed by atoms with Crippen LogP contribution in [0.15, 0.2) is 35.7 Å². The largest absolute Gasteiger partial charge is 0.370 e. The summed E-state index contributed by atoms with van der Waals surface area (Å²) >= 11 is 1.72. The van der Waals surface area contributed by atoms with Gasteiger partial charge in [-0.1, -0.05) is 26.8 Å². The van der Waals surface area contributed by atoms with Crippen molar-refractivity contribution in [2.24, 2.45) is 11.7 Å². The number of nitrogens with one attached hydrogen (secondary N) is 1. The van der Waals surface area contributed by atoms with Crippen molar-refractivity contribution in [2.45, 2.75) is 65.5 Å². The second kappa shape index (κ2) is 10.1. The van der Waals surface area contributed by atoms with Gasteiger partial charge in [-0.05, 0) is 55.3 Å². The van der Waals surface area contributed by atoms with Crippen molar-refractivity contribution in [3.63, 3.8) is 0 Å². The Morgan fingerprint density at radius 2 is 2.00 bits per heavy atom. The summed E-state index contributed by atoms with van der Waals surface area (Å²) in [4.78, 5) is 30.5. The predicted octanol–water partition coefficient (Wildman–Crippen LogP) is 4.68. The fourth-order valence-electron chi connectivity index (χ4n) is 3.93. The Morgan fingerprint density at radius 1 is 1.23 bits per heavy atom. The van der Waals surface area contributed by atoms with Crippen molar-refractivity contribution in [3.8, 4) is 0 Å². The first kappa shape index (κ1) is 23.0. The first-order valence-electron chi connectivity index (χ1n) is 10.9. The van der Waals surface area contributed by atoms with Crippen molar-refractivity contribution >= 4 is 34.2 Å². The van der Waals surface area contributed by atoms with Gasteiger partial charge in [-0.15, -0.1) is 11.3 Å². The van der Waals surface area contributed by atoms with Crippen molar-refractivity contribution < 1.29 is 9.59 Å². The highest BCUT2D eigenvalue weighted by Crippen LogP contribution is 2.26. The van der Waals surface area contributed by atoms with E-state index in [1.54, 1.807) is 11.3 Å². The van der Waals surface area contributed by atoms with E-state index in [1.807, 2.05) is 18.2 Å². The smallest absolute Gasteiger partial charge is 0.251 e. The van der Waals surface area contributed by atoms with E-state index >= 15 is 0 Å². The highest BCUT2D eigenvalue weighted by Gasteiger charge is 2.20. The number of hydrogen-bond donors (Lipinski definition) is 2. The van der Waals surface area contributed by atoms with Gasteiger partial charge in [0.25, 0.3) is 5.91 Å². The van der Waals surface area contributed by atoms with Crippen LogP contribution in [0.25, 0.3) is 11.0 Å². The van der Waals surface area contributed by atoms with Gasteiger partial charge in [0.05, 0.1) is 11.0 Å². The van der Waals surface area contributed by atoms with Gasteiger partial charge in [-0.25, -0.2) is 4.98 Å². The van der Waals surface area contributed by atoms with E-state index in [0.717, 1.165) is 29.7 Å². The maximum Gasteiger partial charge on any atom is 0.251 e. The predicted molar refractivity (Wildman–Crippen MR) is 126 cm³/mol. The van der Waals surface area contributed by atoms with Crippen molar-refractivity contribution in [2.75, 3.05) is 0 Å². The van der Waals surface area contributed by atoms with Crippen LogP contribution in [0.4, 0.5) is 0 Å². The molecule has 0 saturated heterocycles. The molecule has 1 aromatic carbocycles. The van der Waals surface area contributed by atoms with Crippen molar-refractivity contribution in [1.29, 1.82) is 0 Å². The molecule has 7 heteroatoms. The summed E-state index contributed by atoms with van der Waals surface area (Å²) in [5.41, 5.74) is 7.77. The summed E-state index contributed by atoms with van der Waals surface area (Å²) in [5, 5.41) is 5.06. The maximum atomic E-state index is 12.9. The molecule has 0 fully saturated rings. The zero-order chi connectivity index (χ0) is 22.5. The fourth-order valence-corrected chi connectivity index (χ4v) is 4.63. The number of fused-ring (bicyclic) bond motifs is 1. The number of carbonyl (C=O) groups is 2. The van der Waals surface area contributed by atoms with Gasteiger partial charge < -0.3 is 15.6 Å². The van der Waals surface area contributed by atoms with E-state index < -0.39 is 5.91 Å². The molecule has 3 rings (SSSR count). The Labute approximate surface area is 187 Å². The highest BCUT2D eigenvalue weighted by atomic mass is 32.1. The number of thiophene rings is 1. The number of amides is 2. The van der Waals surface area contributed by atoms with Crippen LogP contribution in [0.2, 0.25) is 0 Å². The van der Waals surface area contributed by atoms with Gasteiger partial charge in [-0.3, -0.25) is 9.59 Å². The van der Waals surface area contributed by atoms with Gasteiger partial charge in [0.2, 0.25) is 5.91 Å². The zero-order valence-electron chi connectivity index (χ0n) is 18.7. The number of benzene rings is 1. The minimum Gasteiger partial charge on any atom is -0.370 e. The summed E-state index contributed by atoms with van der Waals surface area (Å²) < 4.78 is 2.28. The molecule has 0 aliphatic rings. The SMILES string of the molecule is CCC(C)n1c(Cc2cccs2)nc2cc(C(=O)NC(CC(N)=O)CC(C)C)ccc21. The molecule has 2 aromatic heterocycles. The highest BCUT2D eigenvalue weighted by molar-refractivity contribution is 7.09. The summed E-state index contributed by atoms with van der Waals surface area (Å²) in [6, 6.07) is 9.88. The Balaban J connectivity index is 1.90. The molecule has 166 valence electrons. The third kappa shape index (κ3) is 5.73. The average Bonchev–Trinajstić information content (AvgIpc) is 3.33. The Morgan fingerprint density at radius 3 is 2.61 bits per heavy atom. The number of primary amides is 1. The lowest BCUT2D eigenvalue weighted by Crippen LogP contribution is -2.38. The topological polar surface area (TPSA) is 90.0 Å². The van der Waals surface area contributed by atoms with Crippen LogP contribution in [-0.4, -0.2) is 27.4 Å². The van der Waals surface area contributed by atoms with E-state index in [9.17, 15) is 9.59 Å². The van der Waals surface area contributed by atoms with E-state index in [1.165, 1.54) is 4.88 Å². The van der Waals surface area contributed by atoms with Crippen LogP contribution in [0.3, 0.4) is 0 Å². The molecule has 3 N–H and O–H groups in total. The molecule has 0 spiro atoms. The fraction of sp³-hybridized carbons (Fsp3) is 0.458. The van der Waals surface area contributed by atoms with Gasteiger partial charge >= 0.3 is 0 Å². The lowest BCUT2D eigenvalue weighted by molar-refractivity contribution is -0.118. The summed E-state index contributed by atoms with van der Waals surface area (Å²) in [5.74, 6) is 0.743. The second-order valence-corrected chi connectivity index (χ2v) is 9.62. The molecule has 2 heterocycles. The molecule has 2 amide bonds. The van der Waals surface area contributed by atoms with Crippen LogP contribution < -0.4 is 11.1 Å². The molecule has 3 aromatic rings. The molecule has 0 aliphatic carbocycles. The first-order valence-corrected chi connectivity index (χ1v) is 11.8.